The minimum absolute atomic E-state index is 0.0387. The van der Waals surface area contributed by atoms with Gasteiger partial charge in [0.1, 0.15) is 5.75 Å². The summed E-state index contributed by atoms with van der Waals surface area (Å²) < 4.78 is 29.1. The number of hydrogen-bond donors (Lipinski definition) is 3. The lowest BCUT2D eigenvalue weighted by Gasteiger charge is -2.20. The van der Waals surface area contributed by atoms with Crippen molar-refractivity contribution in [1.29, 1.82) is 0 Å². The molecule has 112 valence electrons. The molecule has 0 saturated carbocycles. The summed E-state index contributed by atoms with van der Waals surface area (Å²) in [5, 5.41) is 13.7. The van der Waals surface area contributed by atoms with Gasteiger partial charge >= 0.3 is 12.6 Å². The molecule has 5 nitrogen and oxygen atoms in total. The molecule has 3 N–H and O–H groups in total. The van der Waals surface area contributed by atoms with Crippen LogP contribution < -0.4 is 15.4 Å². The third-order valence-corrected chi connectivity index (χ3v) is 2.62. The third-order valence-electron chi connectivity index (χ3n) is 2.62. The molecule has 0 aromatic heterocycles. The van der Waals surface area contributed by atoms with E-state index < -0.39 is 18.7 Å². The number of hydrogen-bond acceptors (Lipinski definition) is 3. The van der Waals surface area contributed by atoms with E-state index in [2.05, 4.69) is 15.4 Å². The molecule has 1 atom stereocenters. The van der Waals surface area contributed by atoms with Crippen LogP contribution in [0.25, 0.3) is 0 Å². The van der Waals surface area contributed by atoms with Crippen molar-refractivity contribution < 1.29 is 23.4 Å². The van der Waals surface area contributed by atoms with E-state index in [4.69, 9.17) is 5.11 Å². The van der Waals surface area contributed by atoms with Crippen molar-refractivity contribution in [2.75, 3.05) is 13.2 Å². The van der Waals surface area contributed by atoms with Gasteiger partial charge in [-0.2, -0.15) is 8.78 Å². The number of carbonyl (C=O) groups excluding carboxylic acids is 1. The molecule has 20 heavy (non-hydrogen) atoms. The second kappa shape index (κ2) is 8.31. The zero-order valence-electron chi connectivity index (χ0n) is 11.1. The number of aliphatic hydroxyl groups is 1. The molecule has 1 rings (SSSR count). The zero-order chi connectivity index (χ0) is 15.0. The molecule has 0 aliphatic heterocycles. The van der Waals surface area contributed by atoms with Gasteiger partial charge in [0, 0.05) is 12.1 Å². The lowest BCUT2D eigenvalue weighted by molar-refractivity contribution is -0.0506. The van der Waals surface area contributed by atoms with Crippen molar-refractivity contribution in [1.82, 2.24) is 10.6 Å². The molecule has 0 aliphatic carbocycles. The normalized spacial score (nSPS) is 12.1. The molecule has 0 fully saturated rings. The Hall–Kier alpha value is -1.89. The van der Waals surface area contributed by atoms with Crippen molar-refractivity contribution in [3.8, 4) is 5.75 Å². The highest BCUT2D eigenvalue weighted by molar-refractivity contribution is 5.74. The fraction of sp³-hybridized carbons (Fsp3) is 0.462. The molecule has 1 aromatic rings. The molecule has 0 spiro atoms. The summed E-state index contributed by atoms with van der Waals surface area (Å²) in [6.45, 7) is -1.15. The summed E-state index contributed by atoms with van der Waals surface area (Å²) in [5.41, 5.74) is 0.481. The minimum atomic E-state index is -2.92. The van der Waals surface area contributed by atoms with Gasteiger partial charge in [0.05, 0.1) is 12.6 Å². The Balaban J connectivity index is 2.81. The number of amides is 2. The number of nitrogens with one attached hydrogen (secondary N) is 2. The molecule has 0 aliphatic rings. The number of halogens is 2. The maximum absolute atomic E-state index is 12.3. The Kier molecular flexibility index (Phi) is 6.72. The van der Waals surface area contributed by atoms with Gasteiger partial charge in [-0.3, -0.25) is 0 Å². The smallest absolute Gasteiger partial charge is 0.387 e. The Morgan fingerprint density at radius 1 is 1.40 bits per heavy atom. The molecular weight excluding hydrogens is 270 g/mol. The lowest BCUT2D eigenvalue weighted by Crippen LogP contribution is -2.39. The third kappa shape index (κ3) is 5.00. The summed E-state index contributed by atoms with van der Waals surface area (Å²) in [7, 11) is 0. The van der Waals surface area contributed by atoms with E-state index in [9.17, 15) is 13.6 Å². The van der Waals surface area contributed by atoms with Gasteiger partial charge < -0.3 is 20.5 Å². The first kappa shape index (κ1) is 16.2. The molecule has 1 unspecified atom stereocenters. The van der Waals surface area contributed by atoms with Crippen LogP contribution in [0.4, 0.5) is 13.6 Å². The van der Waals surface area contributed by atoms with Crippen molar-refractivity contribution in [2.45, 2.75) is 26.0 Å². The van der Waals surface area contributed by atoms with Gasteiger partial charge in [0.2, 0.25) is 0 Å². The average Bonchev–Trinajstić information content (AvgIpc) is 2.42. The van der Waals surface area contributed by atoms with E-state index in [1.54, 1.807) is 18.2 Å². The molecule has 0 saturated heterocycles. The van der Waals surface area contributed by atoms with Crippen molar-refractivity contribution >= 4 is 6.03 Å². The fourth-order valence-corrected chi connectivity index (χ4v) is 1.75. The quantitative estimate of drug-likeness (QED) is 0.719. The maximum atomic E-state index is 12.3. The SMILES string of the molecule is CCC(NC(=O)NCCO)c1ccccc1OC(F)F. The number of para-hydroxylation sites is 1. The van der Waals surface area contributed by atoms with Gasteiger partial charge in [-0.25, -0.2) is 4.79 Å². The Labute approximate surface area is 115 Å². The monoisotopic (exact) mass is 288 g/mol. The van der Waals surface area contributed by atoms with Crippen molar-refractivity contribution in [3.63, 3.8) is 0 Å². The second-order valence-electron chi connectivity index (χ2n) is 4.00. The highest BCUT2D eigenvalue weighted by Gasteiger charge is 2.18. The number of rotatable bonds is 7. The van der Waals surface area contributed by atoms with Crippen molar-refractivity contribution in [3.05, 3.63) is 29.8 Å². The van der Waals surface area contributed by atoms with Crippen LogP contribution >= 0.6 is 0 Å². The molecular formula is C13H18F2N2O3. The van der Waals surface area contributed by atoms with Crippen LogP contribution in [0.2, 0.25) is 0 Å². The van der Waals surface area contributed by atoms with Crippen molar-refractivity contribution in [2.24, 2.45) is 0 Å². The predicted molar refractivity (Wildman–Crippen MR) is 69.7 cm³/mol. The first-order valence-corrected chi connectivity index (χ1v) is 6.27. The molecule has 0 heterocycles. The van der Waals surface area contributed by atoms with Crippen LogP contribution in [-0.4, -0.2) is 30.9 Å². The van der Waals surface area contributed by atoms with Gasteiger partial charge in [0.25, 0.3) is 0 Å². The summed E-state index contributed by atoms with van der Waals surface area (Å²) in [6.07, 6.45) is 0.510. The standard InChI is InChI=1S/C13H18F2N2O3/c1-2-10(17-13(19)16-7-8-18)9-5-3-4-6-11(9)20-12(14)15/h3-6,10,12,18H,2,7-8H2,1H3,(H2,16,17,19). The number of alkyl halides is 2. The first-order valence-electron chi connectivity index (χ1n) is 6.27. The fourth-order valence-electron chi connectivity index (χ4n) is 1.75. The van der Waals surface area contributed by atoms with E-state index in [0.717, 1.165) is 0 Å². The van der Waals surface area contributed by atoms with Crippen LogP contribution in [-0.2, 0) is 0 Å². The highest BCUT2D eigenvalue weighted by atomic mass is 19.3. The van der Waals surface area contributed by atoms with Gasteiger partial charge in [0.15, 0.2) is 0 Å². The molecule has 2 amide bonds. The van der Waals surface area contributed by atoms with Crippen LogP contribution in [0.1, 0.15) is 24.9 Å². The highest BCUT2D eigenvalue weighted by Crippen LogP contribution is 2.28. The van der Waals surface area contributed by atoms with Gasteiger partial charge in [-0.05, 0) is 12.5 Å². The number of aliphatic hydroxyl groups excluding tert-OH is 1. The van der Waals surface area contributed by atoms with E-state index in [1.807, 2.05) is 6.92 Å². The lowest BCUT2D eigenvalue weighted by atomic mass is 10.0. The van der Waals surface area contributed by atoms with Crippen LogP contribution in [0.5, 0.6) is 5.75 Å². The van der Waals surface area contributed by atoms with Crippen LogP contribution in [0.15, 0.2) is 24.3 Å². The largest absolute Gasteiger partial charge is 0.434 e. The predicted octanol–water partition coefficient (Wildman–Crippen LogP) is 2.03. The Morgan fingerprint density at radius 2 is 2.10 bits per heavy atom. The van der Waals surface area contributed by atoms with Gasteiger partial charge in [-0.15, -0.1) is 0 Å². The molecule has 0 radical (unpaired) electrons. The number of urea groups is 1. The maximum Gasteiger partial charge on any atom is 0.387 e. The summed E-state index contributed by atoms with van der Waals surface area (Å²) in [6, 6.07) is 5.39. The van der Waals surface area contributed by atoms with E-state index >= 15 is 0 Å². The minimum Gasteiger partial charge on any atom is -0.434 e. The van der Waals surface area contributed by atoms with E-state index in [-0.39, 0.29) is 18.9 Å². The summed E-state index contributed by atoms with van der Waals surface area (Å²) in [5.74, 6) is 0.0387. The zero-order valence-corrected chi connectivity index (χ0v) is 11.1. The summed E-state index contributed by atoms with van der Waals surface area (Å²) >= 11 is 0. The van der Waals surface area contributed by atoms with Gasteiger partial charge in [-0.1, -0.05) is 25.1 Å². The number of ether oxygens (including phenoxy) is 1. The topological polar surface area (TPSA) is 70.6 Å². The molecule has 0 bridgehead atoms. The molecule has 7 heteroatoms. The van der Waals surface area contributed by atoms with E-state index in [1.165, 1.54) is 6.07 Å². The summed E-state index contributed by atoms with van der Waals surface area (Å²) in [4.78, 5) is 11.6. The first-order chi connectivity index (χ1) is 9.58. The average molecular weight is 288 g/mol. The second-order valence-corrected chi connectivity index (χ2v) is 4.00. The van der Waals surface area contributed by atoms with E-state index in [0.29, 0.717) is 12.0 Å². The number of benzene rings is 1. The number of carbonyl (C=O) groups is 1. The Morgan fingerprint density at radius 3 is 2.70 bits per heavy atom. The van der Waals surface area contributed by atoms with Crippen LogP contribution in [0, 0.1) is 0 Å². The molecule has 1 aromatic carbocycles. The van der Waals surface area contributed by atoms with Crippen LogP contribution in [0.3, 0.4) is 0 Å². The Bertz CT molecular complexity index is 430.